The standard InChI is InChI=1S/C17H18N6OS/c1-12-5-2-3-6-13(12)10-23-16(21-15(22-23)9-14(18)24)11-25-17-19-7-4-8-20-17/h2-8H,9-11H2,1H3,(H2,18,24). The summed E-state index contributed by atoms with van der Waals surface area (Å²) >= 11 is 1.47. The van der Waals surface area contributed by atoms with Gasteiger partial charge in [0.2, 0.25) is 5.91 Å². The SMILES string of the molecule is Cc1ccccc1Cn1nc(CC(N)=O)nc1CSc1ncccn1. The number of nitrogens with two attached hydrogens (primary N) is 1. The summed E-state index contributed by atoms with van der Waals surface area (Å²) in [6, 6.07) is 9.89. The van der Waals surface area contributed by atoms with Crippen molar-refractivity contribution < 1.29 is 4.79 Å². The lowest BCUT2D eigenvalue weighted by molar-refractivity contribution is -0.117. The Morgan fingerprint density at radius 3 is 2.68 bits per heavy atom. The molecule has 0 saturated carbocycles. The van der Waals surface area contributed by atoms with Crippen LogP contribution in [-0.2, 0) is 23.5 Å². The first-order chi connectivity index (χ1) is 12.1. The topological polar surface area (TPSA) is 99.6 Å². The van der Waals surface area contributed by atoms with Crippen LogP contribution in [0.4, 0.5) is 0 Å². The van der Waals surface area contributed by atoms with E-state index in [2.05, 4.69) is 39.1 Å². The molecule has 0 unspecified atom stereocenters. The van der Waals surface area contributed by atoms with E-state index in [1.165, 1.54) is 17.3 Å². The van der Waals surface area contributed by atoms with Crippen molar-refractivity contribution in [2.45, 2.75) is 30.8 Å². The molecule has 1 aromatic carbocycles. The monoisotopic (exact) mass is 354 g/mol. The number of aryl methyl sites for hydroxylation is 1. The van der Waals surface area contributed by atoms with Crippen LogP contribution in [0, 0.1) is 6.92 Å². The lowest BCUT2D eigenvalue weighted by Crippen LogP contribution is -2.15. The van der Waals surface area contributed by atoms with Crippen molar-refractivity contribution in [3.8, 4) is 0 Å². The normalized spacial score (nSPS) is 10.8. The highest BCUT2D eigenvalue weighted by atomic mass is 32.2. The Balaban J connectivity index is 1.83. The van der Waals surface area contributed by atoms with Crippen molar-refractivity contribution in [1.82, 2.24) is 24.7 Å². The van der Waals surface area contributed by atoms with E-state index in [4.69, 9.17) is 5.73 Å². The molecule has 128 valence electrons. The Kier molecular flexibility index (Phi) is 5.39. The quantitative estimate of drug-likeness (QED) is 0.512. The van der Waals surface area contributed by atoms with Crippen LogP contribution < -0.4 is 5.73 Å². The van der Waals surface area contributed by atoms with E-state index >= 15 is 0 Å². The number of rotatable bonds is 7. The molecule has 0 fully saturated rings. The molecule has 0 spiro atoms. The van der Waals surface area contributed by atoms with Crippen LogP contribution in [0.2, 0.25) is 0 Å². The third-order valence-corrected chi connectivity index (χ3v) is 4.45. The summed E-state index contributed by atoms with van der Waals surface area (Å²) in [5, 5.41) is 5.12. The van der Waals surface area contributed by atoms with E-state index in [1.807, 2.05) is 16.8 Å². The first kappa shape index (κ1) is 17.1. The molecular weight excluding hydrogens is 336 g/mol. The number of thioether (sulfide) groups is 1. The molecule has 7 nitrogen and oxygen atoms in total. The second kappa shape index (κ2) is 7.89. The fourth-order valence-corrected chi connectivity index (χ4v) is 3.07. The van der Waals surface area contributed by atoms with E-state index < -0.39 is 5.91 Å². The van der Waals surface area contributed by atoms with Crippen molar-refractivity contribution >= 4 is 17.7 Å². The van der Waals surface area contributed by atoms with Gasteiger partial charge in [0.1, 0.15) is 5.82 Å². The highest BCUT2D eigenvalue weighted by Crippen LogP contribution is 2.19. The zero-order valence-electron chi connectivity index (χ0n) is 13.8. The number of primary amides is 1. The Morgan fingerprint density at radius 2 is 1.96 bits per heavy atom. The molecule has 0 aliphatic rings. The van der Waals surface area contributed by atoms with Crippen LogP contribution in [0.25, 0.3) is 0 Å². The van der Waals surface area contributed by atoms with Gasteiger partial charge in [-0.05, 0) is 24.1 Å². The van der Waals surface area contributed by atoms with Crippen molar-refractivity contribution in [3.63, 3.8) is 0 Å². The second-order valence-electron chi connectivity index (χ2n) is 5.49. The minimum Gasteiger partial charge on any atom is -0.369 e. The van der Waals surface area contributed by atoms with Crippen molar-refractivity contribution in [2.24, 2.45) is 5.73 Å². The van der Waals surface area contributed by atoms with Crippen LogP contribution in [0.1, 0.15) is 22.8 Å². The number of nitrogens with zero attached hydrogens (tertiary/aromatic N) is 5. The molecule has 2 N–H and O–H groups in total. The number of amides is 1. The van der Waals surface area contributed by atoms with Crippen LogP contribution in [0.5, 0.6) is 0 Å². The summed E-state index contributed by atoms with van der Waals surface area (Å²) in [5.74, 6) is 1.31. The molecule has 3 rings (SSSR count). The maximum Gasteiger partial charge on any atom is 0.225 e. The molecule has 0 radical (unpaired) electrons. The summed E-state index contributed by atoms with van der Waals surface area (Å²) in [5.41, 5.74) is 7.61. The predicted molar refractivity (Wildman–Crippen MR) is 94.8 cm³/mol. The summed E-state index contributed by atoms with van der Waals surface area (Å²) < 4.78 is 1.82. The predicted octanol–water partition coefficient (Wildman–Crippen LogP) is 1.74. The number of aromatic nitrogens is 5. The first-order valence-electron chi connectivity index (χ1n) is 7.77. The summed E-state index contributed by atoms with van der Waals surface area (Å²) in [6.45, 7) is 2.65. The fourth-order valence-electron chi connectivity index (χ4n) is 2.33. The van der Waals surface area contributed by atoms with E-state index in [0.717, 1.165) is 11.4 Å². The van der Waals surface area contributed by atoms with E-state index in [9.17, 15) is 4.79 Å². The van der Waals surface area contributed by atoms with Gasteiger partial charge in [-0.2, -0.15) is 5.10 Å². The van der Waals surface area contributed by atoms with Crippen LogP contribution in [0.3, 0.4) is 0 Å². The third kappa shape index (κ3) is 4.63. The average molecular weight is 354 g/mol. The van der Waals surface area contributed by atoms with Gasteiger partial charge >= 0.3 is 0 Å². The Labute approximate surface area is 149 Å². The molecule has 2 heterocycles. The summed E-state index contributed by atoms with van der Waals surface area (Å²) in [6.07, 6.45) is 3.43. The lowest BCUT2D eigenvalue weighted by atomic mass is 10.1. The molecule has 0 atom stereocenters. The maximum atomic E-state index is 11.2. The molecule has 2 aromatic heterocycles. The largest absolute Gasteiger partial charge is 0.369 e. The number of benzene rings is 1. The highest BCUT2D eigenvalue weighted by molar-refractivity contribution is 7.98. The number of carbonyl (C=O) groups excluding carboxylic acids is 1. The summed E-state index contributed by atoms with van der Waals surface area (Å²) in [4.78, 5) is 24.0. The van der Waals surface area contributed by atoms with E-state index in [0.29, 0.717) is 23.3 Å². The van der Waals surface area contributed by atoms with Crippen molar-refractivity contribution in [3.05, 3.63) is 65.5 Å². The smallest absolute Gasteiger partial charge is 0.225 e. The lowest BCUT2D eigenvalue weighted by Gasteiger charge is -2.08. The van der Waals surface area contributed by atoms with Crippen LogP contribution >= 0.6 is 11.8 Å². The second-order valence-corrected chi connectivity index (χ2v) is 6.43. The first-order valence-corrected chi connectivity index (χ1v) is 8.75. The Hall–Kier alpha value is -2.74. The van der Waals surface area contributed by atoms with E-state index in [1.54, 1.807) is 18.5 Å². The van der Waals surface area contributed by atoms with E-state index in [-0.39, 0.29) is 6.42 Å². The van der Waals surface area contributed by atoms with Crippen molar-refractivity contribution in [1.29, 1.82) is 0 Å². The number of hydrogen-bond acceptors (Lipinski definition) is 6. The molecule has 0 bridgehead atoms. The molecular formula is C17H18N6OS. The molecule has 0 aliphatic heterocycles. The third-order valence-electron chi connectivity index (χ3n) is 3.58. The minimum absolute atomic E-state index is 0.0281. The van der Waals surface area contributed by atoms with Gasteiger partial charge in [0.15, 0.2) is 11.0 Å². The maximum absolute atomic E-state index is 11.2. The molecule has 8 heteroatoms. The van der Waals surface area contributed by atoms with Gasteiger partial charge in [0.25, 0.3) is 0 Å². The molecule has 25 heavy (non-hydrogen) atoms. The summed E-state index contributed by atoms with van der Waals surface area (Å²) in [7, 11) is 0. The fraction of sp³-hybridized carbons (Fsp3) is 0.235. The van der Waals surface area contributed by atoms with Crippen molar-refractivity contribution in [2.75, 3.05) is 0 Å². The number of carbonyl (C=O) groups is 1. The van der Waals surface area contributed by atoms with Gasteiger partial charge < -0.3 is 5.73 Å². The molecule has 0 saturated heterocycles. The minimum atomic E-state index is -0.446. The number of hydrogen-bond donors (Lipinski definition) is 1. The highest BCUT2D eigenvalue weighted by Gasteiger charge is 2.14. The Bertz CT molecular complexity index is 865. The van der Waals surface area contributed by atoms with Gasteiger partial charge in [-0.25, -0.2) is 19.6 Å². The molecule has 3 aromatic rings. The van der Waals surface area contributed by atoms with Crippen LogP contribution in [-0.4, -0.2) is 30.6 Å². The Morgan fingerprint density at radius 1 is 1.20 bits per heavy atom. The van der Waals surface area contributed by atoms with Gasteiger partial charge in [-0.1, -0.05) is 36.0 Å². The van der Waals surface area contributed by atoms with Crippen LogP contribution in [0.15, 0.2) is 47.9 Å². The van der Waals surface area contributed by atoms with Gasteiger partial charge in [0, 0.05) is 12.4 Å². The molecule has 1 amide bonds. The van der Waals surface area contributed by atoms with Gasteiger partial charge in [0.05, 0.1) is 18.7 Å². The zero-order valence-corrected chi connectivity index (χ0v) is 14.6. The molecule has 0 aliphatic carbocycles. The van der Waals surface area contributed by atoms with Gasteiger partial charge in [-0.3, -0.25) is 4.79 Å². The average Bonchev–Trinajstić information content (AvgIpc) is 2.96. The van der Waals surface area contributed by atoms with Gasteiger partial charge in [-0.15, -0.1) is 0 Å². The zero-order chi connectivity index (χ0) is 17.6.